The number of nitro groups is 1. The van der Waals surface area contributed by atoms with Gasteiger partial charge in [0, 0.05) is 38.3 Å². The van der Waals surface area contributed by atoms with Gasteiger partial charge in [0.05, 0.1) is 18.5 Å². The first-order chi connectivity index (χ1) is 10.5. The van der Waals surface area contributed by atoms with Crippen molar-refractivity contribution in [1.29, 1.82) is 0 Å². The van der Waals surface area contributed by atoms with E-state index in [1.807, 2.05) is 17.9 Å². The standard InChI is InChI=1S/C15H21N3O4/c1-12(11-15(19)22-2)16-7-9-17(10-8-16)13-5-3-4-6-14(13)18(20)21/h3-6,12H,7-11H2,1-2H3. The Balaban J connectivity index is 1.98. The molecule has 1 atom stereocenters. The number of carbonyl (C=O) groups is 1. The summed E-state index contributed by atoms with van der Waals surface area (Å²) in [7, 11) is 1.39. The highest BCUT2D eigenvalue weighted by Crippen LogP contribution is 2.28. The SMILES string of the molecule is COC(=O)CC(C)N1CCN(c2ccccc2[N+](=O)[O-])CC1. The van der Waals surface area contributed by atoms with Crippen molar-refractivity contribution in [3.8, 4) is 0 Å². The average Bonchev–Trinajstić information content (AvgIpc) is 2.54. The highest BCUT2D eigenvalue weighted by atomic mass is 16.6. The van der Waals surface area contributed by atoms with Crippen molar-refractivity contribution in [3.05, 3.63) is 34.4 Å². The summed E-state index contributed by atoms with van der Waals surface area (Å²) in [5.41, 5.74) is 0.798. The molecule has 0 amide bonds. The fourth-order valence-electron chi connectivity index (χ4n) is 2.74. The van der Waals surface area contributed by atoms with Crippen LogP contribution in [0.5, 0.6) is 0 Å². The summed E-state index contributed by atoms with van der Waals surface area (Å²) in [5.74, 6) is -0.214. The van der Waals surface area contributed by atoms with Crippen molar-refractivity contribution in [3.63, 3.8) is 0 Å². The predicted molar refractivity (Wildman–Crippen MR) is 83.0 cm³/mol. The molecule has 0 radical (unpaired) electrons. The maximum Gasteiger partial charge on any atom is 0.307 e. The summed E-state index contributed by atoms with van der Waals surface area (Å²) < 4.78 is 4.69. The van der Waals surface area contributed by atoms with E-state index >= 15 is 0 Å². The number of nitrogens with zero attached hydrogens (tertiary/aromatic N) is 3. The number of esters is 1. The molecule has 1 fully saturated rings. The van der Waals surface area contributed by atoms with E-state index in [-0.39, 0.29) is 22.6 Å². The lowest BCUT2D eigenvalue weighted by molar-refractivity contribution is -0.384. The fraction of sp³-hybridized carbons (Fsp3) is 0.533. The summed E-state index contributed by atoms with van der Waals surface area (Å²) in [6.45, 7) is 4.94. The molecule has 1 aliphatic rings. The van der Waals surface area contributed by atoms with Gasteiger partial charge in [-0.2, -0.15) is 0 Å². The highest BCUT2D eigenvalue weighted by Gasteiger charge is 2.26. The normalized spacial score (nSPS) is 17.1. The lowest BCUT2D eigenvalue weighted by Crippen LogP contribution is -2.50. The van der Waals surface area contributed by atoms with E-state index in [4.69, 9.17) is 4.74 Å². The minimum atomic E-state index is -0.346. The first kappa shape index (κ1) is 16.2. The van der Waals surface area contributed by atoms with Crippen molar-refractivity contribution >= 4 is 17.3 Å². The van der Waals surface area contributed by atoms with Crippen LogP contribution in [0.15, 0.2) is 24.3 Å². The van der Waals surface area contributed by atoms with E-state index in [0.29, 0.717) is 25.2 Å². The largest absolute Gasteiger partial charge is 0.469 e. The number of rotatable bonds is 5. The molecule has 1 saturated heterocycles. The highest BCUT2D eigenvalue weighted by molar-refractivity contribution is 5.69. The van der Waals surface area contributed by atoms with Gasteiger partial charge < -0.3 is 9.64 Å². The van der Waals surface area contributed by atoms with Gasteiger partial charge in [-0.3, -0.25) is 19.8 Å². The number of hydrogen-bond donors (Lipinski definition) is 0. The monoisotopic (exact) mass is 307 g/mol. The Kier molecular flexibility index (Phi) is 5.32. The molecular weight excluding hydrogens is 286 g/mol. The summed E-state index contributed by atoms with van der Waals surface area (Å²) >= 11 is 0. The molecule has 1 aromatic carbocycles. The zero-order valence-electron chi connectivity index (χ0n) is 12.9. The van der Waals surface area contributed by atoms with Crippen LogP contribution in [0.4, 0.5) is 11.4 Å². The van der Waals surface area contributed by atoms with E-state index in [1.165, 1.54) is 13.2 Å². The molecule has 0 saturated carbocycles. The van der Waals surface area contributed by atoms with Crippen molar-refractivity contribution in [1.82, 2.24) is 4.90 Å². The Morgan fingerprint density at radius 2 is 1.95 bits per heavy atom. The Bertz CT molecular complexity index is 541. The van der Waals surface area contributed by atoms with Gasteiger partial charge in [0.25, 0.3) is 5.69 Å². The Morgan fingerprint density at radius 3 is 2.55 bits per heavy atom. The van der Waals surface area contributed by atoms with Crippen LogP contribution in [0.2, 0.25) is 0 Å². The minimum Gasteiger partial charge on any atom is -0.469 e. The second kappa shape index (κ2) is 7.22. The van der Waals surface area contributed by atoms with E-state index in [2.05, 4.69) is 4.90 Å². The minimum absolute atomic E-state index is 0.111. The maximum absolute atomic E-state index is 11.3. The van der Waals surface area contributed by atoms with E-state index in [0.717, 1.165) is 13.1 Å². The van der Waals surface area contributed by atoms with E-state index in [9.17, 15) is 14.9 Å². The first-order valence-electron chi connectivity index (χ1n) is 7.32. The van der Waals surface area contributed by atoms with Crippen molar-refractivity contribution in [2.45, 2.75) is 19.4 Å². The maximum atomic E-state index is 11.3. The Hall–Kier alpha value is -2.15. The van der Waals surface area contributed by atoms with Gasteiger partial charge in [0.15, 0.2) is 0 Å². The molecule has 0 N–H and O–H groups in total. The zero-order valence-corrected chi connectivity index (χ0v) is 12.9. The van der Waals surface area contributed by atoms with Crippen LogP contribution in [0.1, 0.15) is 13.3 Å². The second-order valence-corrected chi connectivity index (χ2v) is 5.40. The topological polar surface area (TPSA) is 75.9 Å². The number of benzene rings is 1. The third-order valence-corrected chi connectivity index (χ3v) is 4.05. The third kappa shape index (κ3) is 3.73. The Morgan fingerprint density at radius 1 is 1.32 bits per heavy atom. The molecule has 0 aliphatic carbocycles. The lowest BCUT2D eigenvalue weighted by atomic mass is 10.1. The van der Waals surface area contributed by atoms with E-state index < -0.39 is 0 Å². The summed E-state index contributed by atoms with van der Waals surface area (Å²) in [6, 6.07) is 6.92. The molecule has 0 aromatic heterocycles. The van der Waals surface area contributed by atoms with Gasteiger partial charge in [0.1, 0.15) is 5.69 Å². The average molecular weight is 307 g/mol. The van der Waals surface area contributed by atoms with Gasteiger partial charge in [-0.1, -0.05) is 12.1 Å². The first-order valence-corrected chi connectivity index (χ1v) is 7.32. The number of methoxy groups -OCH3 is 1. The third-order valence-electron chi connectivity index (χ3n) is 4.05. The van der Waals surface area contributed by atoms with Crippen LogP contribution in [-0.2, 0) is 9.53 Å². The predicted octanol–water partition coefficient (Wildman–Crippen LogP) is 1.67. The number of para-hydroxylation sites is 2. The number of carbonyl (C=O) groups excluding carboxylic acids is 1. The van der Waals surface area contributed by atoms with Gasteiger partial charge in [0.2, 0.25) is 0 Å². The molecule has 22 heavy (non-hydrogen) atoms. The number of nitro benzene ring substituents is 1. The van der Waals surface area contributed by atoms with Crippen LogP contribution in [-0.4, -0.2) is 55.1 Å². The molecule has 120 valence electrons. The molecule has 7 heteroatoms. The summed E-state index contributed by atoms with van der Waals surface area (Å²) in [4.78, 5) is 26.3. The summed E-state index contributed by atoms with van der Waals surface area (Å²) in [5, 5.41) is 11.1. The molecule has 0 bridgehead atoms. The van der Waals surface area contributed by atoms with Gasteiger partial charge in [-0.05, 0) is 13.0 Å². The Labute approximate surface area is 129 Å². The van der Waals surface area contributed by atoms with Crippen LogP contribution >= 0.6 is 0 Å². The molecule has 1 aromatic rings. The number of anilines is 1. The quantitative estimate of drug-likeness (QED) is 0.468. The molecule has 0 spiro atoms. The molecule has 2 rings (SSSR count). The molecular formula is C15H21N3O4. The molecule has 7 nitrogen and oxygen atoms in total. The number of ether oxygens (including phenoxy) is 1. The van der Waals surface area contributed by atoms with Crippen LogP contribution in [0, 0.1) is 10.1 Å². The van der Waals surface area contributed by atoms with Gasteiger partial charge in [-0.25, -0.2) is 0 Å². The second-order valence-electron chi connectivity index (χ2n) is 5.40. The van der Waals surface area contributed by atoms with Crippen LogP contribution < -0.4 is 4.90 Å². The van der Waals surface area contributed by atoms with Crippen molar-refractivity contribution < 1.29 is 14.5 Å². The smallest absolute Gasteiger partial charge is 0.307 e. The molecule has 1 heterocycles. The lowest BCUT2D eigenvalue weighted by Gasteiger charge is -2.38. The van der Waals surface area contributed by atoms with Gasteiger partial charge in [-0.15, -0.1) is 0 Å². The van der Waals surface area contributed by atoms with Crippen molar-refractivity contribution in [2.75, 3.05) is 38.2 Å². The fourth-order valence-corrected chi connectivity index (χ4v) is 2.74. The van der Waals surface area contributed by atoms with Gasteiger partial charge >= 0.3 is 5.97 Å². The van der Waals surface area contributed by atoms with Crippen LogP contribution in [0.25, 0.3) is 0 Å². The summed E-state index contributed by atoms with van der Waals surface area (Å²) in [6.07, 6.45) is 0.363. The number of piperazine rings is 1. The van der Waals surface area contributed by atoms with E-state index in [1.54, 1.807) is 12.1 Å². The van der Waals surface area contributed by atoms with Crippen LogP contribution in [0.3, 0.4) is 0 Å². The number of hydrogen-bond acceptors (Lipinski definition) is 6. The van der Waals surface area contributed by atoms with Crippen molar-refractivity contribution in [2.24, 2.45) is 0 Å². The molecule has 1 aliphatic heterocycles. The molecule has 1 unspecified atom stereocenters. The zero-order chi connectivity index (χ0) is 16.1.